The molecule has 1 atom stereocenters. The second-order valence-electron chi connectivity index (χ2n) is 4.26. The van der Waals surface area contributed by atoms with Gasteiger partial charge in [-0.25, -0.2) is 0 Å². The Hall–Kier alpha value is -1.35. The summed E-state index contributed by atoms with van der Waals surface area (Å²) in [5, 5.41) is 2.84. The molecule has 0 bridgehead atoms. The maximum absolute atomic E-state index is 11.7. The van der Waals surface area contributed by atoms with Gasteiger partial charge >= 0.3 is 0 Å². The first-order valence-electron chi connectivity index (χ1n) is 5.67. The molecule has 1 aromatic rings. The first kappa shape index (κ1) is 12.7. The van der Waals surface area contributed by atoms with Crippen molar-refractivity contribution in [3.8, 4) is 0 Å². The molecule has 1 aromatic carbocycles. The number of nitrogens with one attached hydrogen (secondary N) is 1. The largest absolute Gasteiger partial charge is 0.325 e. The molecule has 0 radical (unpaired) electrons. The monoisotopic (exact) mass is 220 g/mol. The first-order chi connectivity index (χ1) is 7.52. The molecule has 1 amide bonds. The second-order valence-corrected chi connectivity index (χ2v) is 4.26. The van der Waals surface area contributed by atoms with Crippen molar-refractivity contribution in [3.05, 3.63) is 29.3 Å². The third-order valence-corrected chi connectivity index (χ3v) is 2.43. The van der Waals surface area contributed by atoms with E-state index < -0.39 is 6.04 Å². The van der Waals surface area contributed by atoms with E-state index in [1.165, 1.54) is 0 Å². The topological polar surface area (TPSA) is 55.1 Å². The lowest BCUT2D eigenvalue weighted by molar-refractivity contribution is -0.117. The van der Waals surface area contributed by atoms with Crippen LogP contribution in [0.3, 0.4) is 0 Å². The smallest absolute Gasteiger partial charge is 0.241 e. The van der Waals surface area contributed by atoms with Gasteiger partial charge in [-0.1, -0.05) is 19.4 Å². The van der Waals surface area contributed by atoms with E-state index in [2.05, 4.69) is 11.4 Å². The molecule has 1 rings (SSSR count). The van der Waals surface area contributed by atoms with E-state index in [1.807, 2.05) is 32.9 Å². The third-order valence-electron chi connectivity index (χ3n) is 2.43. The Morgan fingerprint density at radius 3 is 2.38 bits per heavy atom. The third kappa shape index (κ3) is 3.66. The minimum absolute atomic E-state index is 0.105. The summed E-state index contributed by atoms with van der Waals surface area (Å²) in [5.74, 6) is -0.105. The molecule has 0 saturated heterocycles. The van der Waals surface area contributed by atoms with Crippen molar-refractivity contribution in [2.24, 2.45) is 5.73 Å². The SMILES string of the molecule is CCC[C@H](N)C(=O)Nc1cc(C)cc(C)c1. The van der Waals surface area contributed by atoms with Gasteiger partial charge in [-0.05, 0) is 43.5 Å². The Labute approximate surface area is 97.0 Å². The van der Waals surface area contributed by atoms with Gasteiger partial charge in [0.2, 0.25) is 5.91 Å². The molecule has 0 aliphatic rings. The van der Waals surface area contributed by atoms with E-state index >= 15 is 0 Å². The summed E-state index contributed by atoms with van der Waals surface area (Å²) >= 11 is 0. The van der Waals surface area contributed by atoms with Gasteiger partial charge in [0.25, 0.3) is 0 Å². The maximum Gasteiger partial charge on any atom is 0.241 e. The van der Waals surface area contributed by atoms with Crippen LogP contribution in [0.1, 0.15) is 30.9 Å². The van der Waals surface area contributed by atoms with E-state index in [0.717, 1.165) is 29.7 Å². The van der Waals surface area contributed by atoms with Crippen molar-refractivity contribution >= 4 is 11.6 Å². The molecular weight excluding hydrogens is 200 g/mol. The predicted molar refractivity (Wildman–Crippen MR) is 67.4 cm³/mol. The quantitative estimate of drug-likeness (QED) is 0.818. The fraction of sp³-hybridized carbons (Fsp3) is 0.462. The summed E-state index contributed by atoms with van der Waals surface area (Å²) < 4.78 is 0. The van der Waals surface area contributed by atoms with Crippen molar-refractivity contribution in [1.82, 2.24) is 0 Å². The van der Waals surface area contributed by atoms with E-state index in [-0.39, 0.29) is 5.91 Å². The molecule has 3 N–H and O–H groups in total. The van der Waals surface area contributed by atoms with Gasteiger partial charge in [0.1, 0.15) is 0 Å². The van der Waals surface area contributed by atoms with Gasteiger partial charge in [-0.15, -0.1) is 0 Å². The number of amides is 1. The molecule has 16 heavy (non-hydrogen) atoms. The van der Waals surface area contributed by atoms with Gasteiger partial charge < -0.3 is 11.1 Å². The zero-order chi connectivity index (χ0) is 12.1. The Bertz CT molecular complexity index is 354. The summed E-state index contributed by atoms with van der Waals surface area (Å²) in [6.45, 7) is 6.03. The van der Waals surface area contributed by atoms with Crippen LogP contribution in [-0.2, 0) is 4.79 Å². The minimum Gasteiger partial charge on any atom is -0.325 e. The summed E-state index contributed by atoms with van der Waals surface area (Å²) in [6.07, 6.45) is 1.64. The van der Waals surface area contributed by atoms with Gasteiger partial charge in [0.05, 0.1) is 6.04 Å². The zero-order valence-electron chi connectivity index (χ0n) is 10.2. The average molecular weight is 220 g/mol. The lowest BCUT2D eigenvalue weighted by Crippen LogP contribution is -2.35. The van der Waals surface area contributed by atoms with Gasteiger partial charge in [0.15, 0.2) is 0 Å². The first-order valence-corrected chi connectivity index (χ1v) is 5.67. The Kier molecular flexibility index (Phi) is 4.50. The number of hydrogen-bond donors (Lipinski definition) is 2. The molecule has 3 nitrogen and oxygen atoms in total. The Balaban J connectivity index is 2.69. The van der Waals surface area contributed by atoms with E-state index in [4.69, 9.17) is 5.73 Å². The number of carbonyl (C=O) groups excluding carboxylic acids is 1. The molecule has 0 unspecified atom stereocenters. The fourth-order valence-electron chi connectivity index (χ4n) is 1.72. The van der Waals surface area contributed by atoms with Crippen molar-refractivity contribution in [1.29, 1.82) is 0 Å². The van der Waals surface area contributed by atoms with Crippen molar-refractivity contribution in [2.45, 2.75) is 39.7 Å². The van der Waals surface area contributed by atoms with Crippen LogP contribution in [0.25, 0.3) is 0 Å². The van der Waals surface area contributed by atoms with Gasteiger partial charge in [-0.2, -0.15) is 0 Å². The molecule has 0 heterocycles. The van der Waals surface area contributed by atoms with Crippen LogP contribution >= 0.6 is 0 Å². The molecular formula is C13H20N2O. The van der Waals surface area contributed by atoms with Crippen molar-refractivity contribution in [3.63, 3.8) is 0 Å². The van der Waals surface area contributed by atoms with Crippen LogP contribution < -0.4 is 11.1 Å². The van der Waals surface area contributed by atoms with Crippen LogP contribution in [0.5, 0.6) is 0 Å². The maximum atomic E-state index is 11.7. The van der Waals surface area contributed by atoms with E-state index in [1.54, 1.807) is 0 Å². The van der Waals surface area contributed by atoms with E-state index in [0.29, 0.717) is 0 Å². The Morgan fingerprint density at radius 1 is 1.31 bits per heavy atom. The van der Waals surface area contributed by atoms with Gasteiger partial charge in [0, 0.05) is 5.69 Å². The lowest BCUT2D eigenvalue weighted by atomic mass is 10.1. The highest BCUT2D eigenvalue weighted by Crippen LogP contribution is 2.14. The summed E-state index contributed by atoms with van der Waals surface area (Å²) in [7, 11) is 0. The molecule has 0 aromatic heterocycles. The van der Waals surface area contributed by atoms with Crippen LogP contribution in [0.2, 0.25) is 0 Å². The number of rotatable bonds is 4. The molecule has 3 heteroatoms. The molecule has 0 fully saturated rings. The molecule has 0 spiro atoms. The van der Waals surface area contributed by atoms with Crippen molar-refractivity contribution < 1.29 is 4.79 Å². The summed E-state index contributed by atoms with van der Waals surface area (Å²) in [4.78, 5) is 11.7. The average Bonchev–Trinajstić information content (AvgIpc) is 2.16. The standard InChI is InChI=1S/C13H20N2O/c1-4-5-12(14)13(16)15-11-7-9(2)6-10(3)8-11/h6-8,12H,4-5,14H2,1-3H3,(H,15,16)/t12-/m0/s1. The predicted octanol–water partition coefficient (Wildman–Crippen LogP) is 2.37. The van der Waals surface area contributed by atoms with Crippen LogP contribution in [-0.4, -0.2) is 11.9 Å². The minimum atomic E-state index is -0.411. The molecule has 0 saturated carbocycles. The number of aryl methyl sites for hydroxylation is 2. The van der Waals surface area contributed by atoms with E-state index in [9.17, 15) is 4.79 Å². The number of hydrogen-bond acceptors (Lipinski definition) is 2. The number of benzene rings is 1. The summed E-state index contributed by atoms with van der Waals surface area (Å²) in [5.41, 5.74) is 8.84. The fourth-order valence-corrected chi connectivity index (χ4v) is 1.72. The molecule has 0 aliphatic carbocycles. The Morgan fingerprint density at radius 2 is 1.88 bits per heavy atom. The number of carbonyl (C=O) groups is 1. The van der Waals surface area contributed by atoms with Crippen LogP contribution in [0.15, 0.2) is 18.2 Å². The number of anilines is 1. The highest BCUT2D eigenvalue weighted by atomic mass is 16.2. The molecule has 88 valence electrons. The van der Waals surface area contributed by atoms with Crippen LogP contribution in [0, 0.1) is 13.8 Å². The lowest BCUT2D eigenvalue weighted by Gasteiger charge is -2.12. The molecule has 0 aliphatic heterocycles. The van der Waals surface area contributed by atoms with Gasteiger partial charge in [-0.3, -0.25) is 4.79 Å². The van der Waals surface area contributed by atoms with Crippen molar-refractivity contribution in [2.75, 3.05) is 5.32 Å². The normalized spacial score (nSPS) is 12.2. The number of nitrogens with two attached hydrogens (primary N) is 1. The highest BCUT2D eigenvalue weighted by molar-refractivity contribution is 5.94. The highest BCUT2D eigenvalue weighted by Gasteiger charge is 2.12. The second kappa shape index (κ2) is 5.66. The summed E-state index contributed by atoms with van der Waals surface area (Å²) in [6, 6.07) is 5.56. The van der Waals surface area contributed by atoms with Crippen LogP contribution in [0.4, 0.5) is 5.69 Å². The zero-order valence-corrected chi connectivity index (χ0v) is 10.2.